The standard InChI is InChI=1S/C17H25N3O3/c1-17(2,3)14(16(21)22)10-23-13-6-4-11(5-7-13)15(18)20-12-8-19-9-12/h4-7,12,14,19H,8-10H2,1-3H3,(H2,18,20)(H,21,22)/t14-/m0/s1. The normalized spacial score (nSPS) is 17.4. The van der Waals surface area contributed by atoms with Gasteiger partial charge in [0.15, 0.2) is 0 Å². The van der Waals surface area contributed by atoms with E-state index in [0.717, 1.165) is 18.7 Å². The number of ether oxygens (including phenoxy) is 1. The molecule has 1 aliphatic heterocycles. The molecular weight excluding hydrogens is 294 g/mol. The molecule has 126 valence electrons. The highest BCUT2D eigenvalue weighted by Gasteiger charge is 2.31. The molecule has 0 aliphatic carbocycles. The van der Waals surface area contributed by atoms with Gasteiger partial charge in [-0.15, -0.1) is 0 Å². The Morgan fingerprint density at radius 3 is 2.43 bits per heavy atom. The molecule has 0 amide bonds. The van der Waals surface area contributed by atoms with Crippen molar-refractivity contribution < 1.29 is 14.6 Å². The van der Waals surface area contributed by atoms with Crippen molar-refractivity contribution in [1.29, 1.82) is 0 Å². The lowest BCUT2D eigenvalue weighted by Gasteiger charge is -2.26. The van der Waals surface area contributed by atoms with E-state index in [0.29, 0.717) is 11.6 Å². The van der Waals surface area contributed by atoms with Crippen LogP contribution in [0.15, 0.2) is 29.3 Å². The first-order chi connectivity index (χ1) is 10.8. The highest BCUT2D eigenvalue weighted by atomic mass is 16.5. The molecule has 2 rings (SSSR count). The smallest absolute Gasteiger partial charge is 0.310 e. The number of nitrogens with one attached hydrogen (secondary N) is 1. The van der Waals surface area contributed by atoms with E-state index in [9.17, 15) is 9.90 Å². The molecule has 6 nitrogen and oxygen atoms in total. The van der Waals surface area contributed by atoms with E-state index in [2.05, 4.69) is 10.3 Å². The molecule has 6 heteroatoms. The van der Waals surface area contributed by atoms with Crippen LogP contribution in [0.4, 0.5) is 0 Å². The quantitative estimate of drug-likeness (QED) is 0.545. The second-order valence-corrected chi connectivity index (χ2v) is 6.92. The van der Waals surface area contributed by atoms with Crippen LogP contribution in [0.1, 0.15) is 26.3 Å². The van der Waals surface area contributed by atoms with Gasteiger partial charge in [-0.3, -0.25) is 9.79 Å². The second kappa shape index (κ2) is 7.00. The third kappa shape index (κ3) is 4.69. The Morgan fingerprint density at radius 2 is 2.00 bits per heavy atom. The molecule has 1 fully saturated rings. The number of aliphatic imine (C=N–C) groups is 1. The van der Waals surface area contributed by atoms with Crippen LogP contribution in [0.25, 0.3) is 0 Å². The Kier molecular flexibility index (Phi) is 5.26. The lowest BCUT2D eigenvalue weighted by atomic mass is 9.81. The van der Waals surface area contributed by atoms with Crippen molar-refractivity contribution in [2.24, 2.45) is 22.1 Å². The van der Waals surface area contributed by atoms with E-state index in [-0.39, 0.29) is 18.1 Å². The average molecular weight is 319 g/mol. The lowest BCUT2D eigenvalue weighted by Crippen LogP contribution is -2.46. The molecule has 23 heavy (non-hydrogen) atoms. The summed E-state index contributed by atoms with van der Waals surface area (Å²) in [5.74, 6) is -0.275. The number of hydrogen-bond donors (Lipinski definition) is 3. The average Bonchev–Trinajstić information content (AvgIpc) is 2.41. The molecule has 1 aromatic carbocycles. The van der Waals surface area contributed by atoms with Crippen molar-refractivity contribution in [3.05, 3.63) is 29.8 Å². The van der Waals surface area contributed by atoms with Gasteiger partial charge in [-0.2, -0.15) is 0 Å². The van der Waals surface area contributed by atoms with Gasteiger partial charge < -0.3 is 20.9 Å². The number of nitrogens with two attached hydrogens (primary N) is 1. The minimum absolute atomic E-state index is 0.134. The molecule has 1 heterocycles. The maximum atomic E-state index is 11.3. The fourth-order valence-electron chi connectivity index (χ4n) is 2.23. The molecule has 0 saturated carbocycles. The summed E-state index contributed by atoms with van der Waals surface area (Å²) in [6.45, 7) is 7.55. The van der Waals surface area contributed by atoms with Gasteiger partial charge in [0.1, 0.15) is 18.2 Å². The molecule has 1 aromatic rings. The topological polar surface area (TPSA) is 96.9 Å². The van der Waals surface area contributed by atoms with E-state index in [1.807, 2.05) is 32.9 Å². The van der Waals surface area contributed by atoms with Gasteiger partial charge in [-0.1, -0.05) is 20.8 Å². The number of carboxylic acids is 1. The molecule has 0 spiro atoms. The molecule has 0 unspecified atom stereocenters. The van der Waals surface area contributed by atoms with Crippen LogP contribution in [-0.2, 0) is 4.79 Å². The Balaban J connectivity index is 1.97. The van der Waals surface area contributed by atoms with Crippen molar-refractivity contribution in [2.75, 3.05) is 19.7 Å². The van der Waals surface area contributed by atoms with Crippen molar-refractivity contribution >= 4 is 11.8 Å². The second-order valence-electron chi connectivity index (χ2n) is 6.92. The fraction of sp³-hybridized carbons (Fsp3) is 0.529. The van der Waals surface area contributed by atoms with Gasteiger partial charge in [0.25, 0.3) is 0 Å². The Bertz CT molecular complexity index is 572. The minimum Gasteiger partial charge on any atom is -0.493 e. The van der Waals surface area contributed by atoms with Crippen molar-refractivity contribution in [3.8, 4) is 5.75 Å². The van der Waals surface area contributed by atoms with Crippen LogP contribution in [0.5, 0.6) is 5.75 Å². The third-order valence-corrected chi connectivity index (χ3v) is 3.99. The van der Waals surface area contributed by atoms with Crippen LogP contribution in [0.2, 0.25) is 0 Å². The summed E-state index contributed by atoms with van der Waals surface area (Å²) in [6, 6.07) is 7.52. The predicted molar refractivity (Wildman–Crippen MR) is 89.9 cm³/mol. The summed E-state index contributed by atoms with van der Waals surface area (Å²) >= 11 is 0. The van der Waals surface area contributed by atoms with Gasteiger partial charge in [-0.05, 0) is 29.7 Å². The molecule has 1 atom stereocenters. The largest absolute Gasteiger partial charge is 0.493 e. The molecule has 4 N–H and O–H groups in total. The number of nitrogens with zero attached hydrogens (tertiary/aromatic N) is 1. The van der Waals surface area contributed by atoms with Crippen LogP contribution in [0.3, 0.4) is 0 Å². The van der Waals surface area contributed by atoms with Crippen LogP contribution in [-0.4, -0.2) is 42.6 Å². The monoisotopic (exact) mass is 319 g/mol. The molecule has 0 radical (unpaired) electrons. The first-order valence-corrected chi connectivity index (χ1v) is 7.77. The summed E-state index contributed by atoms with van der Waals surface area (Å²) in [5, 5.41) is 12.4. The number of aliphatic carboxylic acids is 1. The minimum atomic E-state index is -0.848. The van der Waals surface area contributed by atoms with Gasteiger partial charge >= 0.3 is 5.97 Å². The van der Waals surface area contributed by atoms with Crippen LogP contribution in [0, 0.1) is 11.3 Å². The van der Waals surface area contributed by atoms with E-state index >= 15 is 0 Å². The van der Waals surface area contributed by atoms with Crippen LogP contribution < -0.4 is 15.8 Å². The Morgan fingerprint density at radius 1 is 1.39 bits per heavy atom. The number of benzene rings is 1. The fourth-order valence-corrected chi connectivity index (χ4v) is 2.23. The third-order valence-electron chi connectivity index (χ3n) is 3.99. The highest BCUT2D eigenvalue weighted by molar-refractivity contribution is 5.97. The van der Waals surface area contributed by atoms with Gasteiger partial charge in [0, 0.05) is 18.7 Å². The number of amidine groups is 1. The zero-order chi connectivity index (χ0) is 17.0. The van der Waals surface area contributed by atoms with E-state index < -0.39 is 11.9 Å². The Labute approximate surface area is 136 Å². The summed E-state index contributed by atoms with van der Waals surface area (Å²) in [6.07, 6.45) is 0. The predicted octanol–water partition coefficient (Wildman–Crippen LogP) is 1.49. The summed E-state index contributed by atoms with van der Waals surface area (Å²) in [4.78, 5) is 15.8. The van der Waals surface area contributed by atoms with Crippen molar-refractivity contribution in [1.82, 2.24) is 5.32 Å². The van der Waals surface area contributed by atoms with E-state index in [4.69, 9.17) is 10.5 Å². The number of carbonyl (C=O) groups is 1. The molecule has 0 bridgehead atoms. The number of rotatable bonds is 6. The summed E-state index contributed by atoms with van der Waals surface area (Å²) in [7, 11) is 0. The maximum absolute atomic E-state index is 11.3. The van der Waals surface area contributed by atoms with Crippen molar-refractivity contribution in [3.63, 3.8) is 0 Å². The van der Waals surface area contributed by atoms with E-state index in [1.54, 1.807) is 12.1 Å². The summed E-state index contributed by atoms with van der Waals surface area (Å²) < 4.78 is 5.63. The molecule has 0 aromatic heterocycles. The number of carboxylic acid groups (broad SMARTS) is 1. The van der Waals surface area contributed by atoms with Crippen molar-refractivity contribution in [2.45, 2.75) is 26.8 Å². The van der Waals surface area contributed by atoms with Gasteiger partial charge in [0.05, 0.1) is 12.0 Å². The zero-order valence-corrected chi connectivity index (χ0v) is 13.9. The van der Waals surface area contributed by atoms with E-state index in [1.165, 1.54) is 0 Å². The maximum Gasteiger partial charge on any atom is 0.310 e. The SMILES string of the molecule is CC(C)(C)[C@@H](COc1ccc(C(N)=NC2CNC2)cc1)C(=O)O. The zero-order valence-electron chi connectivity index (χ0n) is 13.9. The first kappa shape index (κ1) is 17.3. The van der Waals surface area contributed by atoms with Crippen LogP contribution >= 0.6 is 0 Å². The lowest BCUT2D eigenvalue weighted by molar-refractivity contribution is -0.146. The van der Waals surface area contributed by atoms with Gasteiger partial charge in [-0.25, -0.2) is 0 Å². The summed E-state index contributed by atoms with van der Waals surface area (Å²) in [5.41, 5.74) is 6.46. The molecular formula is C17H25N3O3. The Hall–Kier alpha value is -2.08. The van der Waals surface area contributed by atoms with Gasteiger partial charge in [0.2, 0.25) is 0 Å². The molecule has 1 saturated heterocycles. The number of hydrogen-bond acceptors (Lipinski definition) is 4. The molecule has 1 aliphatic rings. The highest BCUT2D eigenvalue weighted by Crippen LogP contribution is 2.27. The first-order valence-electron chi connectivity index (χ1n) is 7.77.